The molecule has 98 valence electrons. The van der Waals surface area contributed by atoms with Crippen molar-refractivity contribution in [1.82, 2.24) is 14.8 Å². The molecule has 1 aromatic heterocycles. The standard InChI is InChI=1S/C13H15N5O/c14-7-12-15-8-18(17-12)11-6-5-9-3-1-2-4-10(9)16-13(11)19/h1-4,8,11H,5-7,14H2,(H,16,19). The number of carbonyl (C=O) groups is 1. The number of fused-ring (bicyclic) bond motifs is 1. The Morgan fingerprint density at radius 2 is 2.26 bits per heavy atom. The molecule has 2 heterocycles. The molecule has 0 bridgehead atoms. The Bertz CT molecular complexity index is 607. The molecule has 3 rings (SSSR count). The average molecular weight is 257 g/mol. The van der Waals surface area contributed by atoms with E-state index in [1.54, 1.807) is 11.0 Å². The summed E-state index contributed by atoms with van der Waals surface area (Å²) in [6.07, 6.45) is 3.11. The zero-order chi connectivity index (χ0) is 13.2. The van der Waals surface area contributed by atoms with E-state index < -0.39 is 0 Å². The highest BCUT2D eigenvalue weighted by Gasteiger charge is 2.25. The minimum Gasteiger partial charge on any atom is -0.324 e. The van der Waals surface area contributed by atoms with Crippen molar-refractivity contribution in [2.24, 2.45) is 5.73 Å². The molecule has 1 unspecified atom stereocenters. The van der Waals surface area contributed by atoms with Crippen LogP contribution in [0.15, 0.2) is 30.6 Å². The number of hydrogen-bond acceptors (Lipinski definition) is 4. The Balaban J connectivity index is 1.88. The summed E-state index contributed by atoms with van der Waals surface area (Å²) in [6.45, 7) is 0.279. The van der Waals surface area contributed by atoms with Gasteiger partial charge in [0.05, 0.1) is 6.54 Å². The largest absolute Gasteiger partial charge is 0.324 e. The number of para-hydroxylation sites is 1. The topological polar surface area (TPSA) is 85.8 Å². The fraction of sp³-hybridized carbons (Fsp3) is 0.308. The van der Waals surface area contributed by atoms with Crippen LogP contribution in [-0.4, -0.2) is 20.7 Å². The zero-order valence-electron chi connectivity index (χ0n) is 10.4. The monoisotopic (exact) mass is 257 g/mol. The molecular formula is C13H15N5O. The van der Waals surface area contributed by atoms with Gasteiger partial charge < -0.3 is 11.1 Å². The molecular weight excluding hydrogens is 242 g/mol. The summed E-state index contributed by atoms with van der Waals surface area (Å²) in [6, 6.07) is 7.52. The van der Waals surface area contributed by atoms with E-state index in [9.17, 15) is 4.79 Å². The number of benzene rings is 1. The van der Waals surface area contributed by atoms with Crippen molar-refractivity contribution in [2.45, 2.75) is 25.4 Å². The molecule has 6 heteroatoms. The summed E-state index contributed by atoms with van der Waals surface area (Å²) in [5, 5.41) is 7.17. The van der Waals surface area contributed by atoms with Crippen LogP contribution in [0.3, 0.4) is 0 Å². The van der Waals surface area contributed by atoms with Crippen LogP contribution in [0.4, 0.5) is 5.69 Å². The summed E-state index contributed by atoms with van der Waals surface area (Å²) in [5.74, 6) is 0.494. The fourth-order valence-corrected chi connectivity index (χ4v) is 2.31. The second kappa shape index (κ2) is 4.81. The molecule has 19 heavy (non-hydrogen) atoms. The van der Waals surface area contributed by atoms with Crippen molar-refractivity contribution >= 4 is 11.6 Å². The van der Waals surface area contributed by atoms with Gasteiger partial charge in [-0.25, -0.2) is 9.67 Å². The molecule has 0 radical (unpaired) electrons. The highest BCUT2D eigenvalue weighted by Crippen LogP contribution is 2.26. The number of aromatic nitrogens is 3. The maximum atomic E-state index is 12.2. The van der Waals surface area contributed by atoms with Crippen LogP contribution in [0.1, 0.15) is 23.9 Å². The van der Waals surface area contributed by atoms with Gasteiger partial charge in [-0.15, -0.1) is 0 Å². The lowest BCUT2D eigenvalue weighted by atomic mass is 10.1. The first-order valence-electron chi connectivity index (χ1n) is 6.27. The first-order valence-corrected chi connectivity index (χ1v) is 6.27. The van der Waals surface area contributed by atoms with E-state index in [2.05, 4.69) is 15.4 Å². The maximum Gasteiger partial charge on any atom is 0.249 e. The normalized spacial score (nSPS) is 18.6. The lowest BCUT2D eigenvalue weighted by Crippen LogP contribution is -2.25. The highest BCUT2D eigenvalue weighted by atomic mass is 16.2. The molecule has 1 aliphatic rings. The second-order valence-electron chi connectivity index (χ2n) is 4.55. The zero-order valence-corrected chi connectivity index (χ0v) is 10.4. The van der Waals surface area contributed by atoms with E-state index in [0.29, 0.717) is 12.2 Å². The van der Waals surface area contributed by atoms with Gasteiger partial charge >= 0.3 is 0 Å². The van der Waals surface area contributed by atoms with Gasteiger partial charge in [0.25, 0.3) is 0 Å². The van der Waals surface area contributed by atoms with Crippen LogP contribution in [0, 0.1) is 0 Å². The van der Waals surface area contributed by atoms with Crippen molar-refractivity contribution in [3.63, 3.8) is 0 Å². The third kappa shape index (κ3) is 2.22. The lowest BCUT2D eigenvalue weighted by molar-refractivity contribution is -0.119. The molecule has 1 atom stereocenters. The molecule has 0 saturated heterocycles. The predicted molar refractivity (Wildman–Crippen MR) is 70.3 cm³/mol. The van der Waals surface area contributed by atoms with Crippen LogP contribution in [0.2, 0.25) is 0 Å². The Labute approximate surface area is 110 Å². The predicted octanol–water partition coefficient (Wildman–Crippen LogP) is 0.863. The third-order valence-electron chi connectivity index (χ3n) is 3.32. The highest BCUT2D eigenvalue weighted by molar-refractivity contribution is 5.95. The van der Waals surface area contributed by atoms with Crippen molar-refractivity contribution in [2.75, 3.05) is 5.32 Å². The van der Waals surface area contributed by atoms with Crippen LogP contribution < -0.4 is 11.1 Å². The quantitative estimate of drug-likeness (QED) is 0.835. The van der Waals surface area contributed by atoms with Gasteiger partial charge in [0.2, 0.25) is 5.91 Å². The Kier molecular flexibility index (Phi) is 3.00. The summed E-state index contributed by atoms with van der Waals surface area (Å²) >= 11 is 0. The molecule has 3 N–H and O–H groups in total. The smallest absolute Gasteiger partial charge is 0.249 e. The van der Waals surface area contributed by atoms with E-state index in [0.717, 1.165) is 17.7 Å². The van der Waals surface area contributed by atoms with Crippen molar-refractivity contribution in [3.05, 3.63) is 42.0 Å². The number of anilines is 1. The molecule has 2 aromatic rings. The third-order valence-corrected chi connectivity index (χ3v) is 3.32. The van der Waals surface area contributed by atoms with Gasteiger partial charge in [-0.05, 0) is 24.5 Å². The Hall–Kier alpha value is -2.21. The molecule has 6 nitrogen and oxygen atoms in total. The van der Waals surface area contributed by atoms with Crippen LogP contribution in [0.25, 0.3) is 0 Å². The van der Waals surface area contributed by atoms with Crippen molar-refractivity contribution in [1.29, 1.82) is 0 Å². The molecule has 0 fully saturated rings. The molecule has 0 aliphatic carbocycles. The Morgan fingerprint density at radius 1 is 1.42 bits per heavy atom. The number of rotatable bonds is 2. The molecule has 0 spiro atoms. The van der Waals surface area contributed by atoms with Crippen LogP contribution in [0.5, 0.6) is 0 Å². The summed E-state index contributed by atoms with van der Waals surface area (Å²) in [7, 11) is 0. The van der Waals surface area contributed by atoms with E-state index >= 15 is 0 Å². The van der Waals surface area contributed by atoms with Gasteiger partial charge in [-0.2, -0.15) is 5.10 Å². The minimum atomic E-state index is -0.333. The van der Waals surface area contributed by atoms with E-state index in [1.807, 2.05) is 24.3 Å². The molecule has 1 aliphatic heterocycles. The van der Waals surface area contributed by atoms with Gasteiger partial charge in [-0.1, -0.05) is 18.2 Å². The molecule has 0 saturated carbocycles. The number of carbonyl (C=O) groups excluding carboxylic acids is 1. The average Bonchev–Trinajstić information content (AvgIpc) is 2.83. The first-order chi connectivity index (χ1) is 9.28. The van der Waals surface area contributed by atoms with E-state index in [4.69, 9.17) is 5.73 Å². The number of amides is 1. The second-order valence-corrected chi connectivity index (χ2v) is 4.55. The number of nitrogens with zero attached hydrogens (tertiary/aromatic N) is 3. The molecule has 1 amide bonds. The van der Waals surface area contributed by atoms with Gasteiger partial charge in [0.1, 0.15) is 12.4 Å². The van der Waals surface area contributed by atoms with E-state index in [-0.39, 0.29) is 18.5 Å². The number of nitrogens with one attached hydrogen (secondary N) is 1. The number of aryl methyl sites for hydroxylation is 1. The van der Waals surface area contributed by atoms with Gasteiger partial charge in [0, 0.05) is 5.69 Å². The number of nitrogens with two attached hydrogens (primary N) is 1. The van der Waals surface area contributed by atoms with Crippen LogP contribution >= 0.6 is 0 Å². The summed E-state index contributed by atoms with van der Waals surface area (Å²) in [4.78, 5) is 16.3. The Morgan fingerprint density at radius 3 is 3.05 bits per heavy atom. The van der Waals surface area contributed by atoms with Crippen LogP contribution in [-0.2, 0) is 17.8 Å². The van der Waals surface area contributed by atoms with Gasteiger partial charge in [0.15, 0.2) is 5.82 Å². The van der Waals surface area contributed by atoms with Crippen molar-refractivity contribution in [3.8, 4) is 0 Å². The van der Waals surface area contributed by atoms with Crippen molar-refractivity contribution < 1.29 is 4.79 Å². The minimum absolute atomic E-state index is 0.0570. The first kappa shape index (κ1) is 11.9. The summed E-state index contributed by atoms with van der Waals surface area (Å²) < 4.78 is 1.60. The van der Waals surface area contributed by atoms with Gasteiger partial charge in [-0.3, -0.25) is 4.79 Å². The lowest BCUT2D eigenvalue weighted by Gasteiger charge is -2.12. The summed E-state index contributed by atoms with van der Waals surface area (Å²) in [5.41, 5.74) is 7.52. The number of hydrogen-bond donors (Lipinski definition) is 2. The SMILES string of the molecule is NCc1ncn(C2CCc3ccccc3NC2=O)n1. The molecule has 1 aromatic carbocycles. The fourth-order valence-electron chi connectivity index (χ4n) is 2.31. The van der Waals surface area contributed by atoms with E-state index in [1.165, 1.54) is 0 Å². The maximum absolute atomic E-state index is 12.2.